The van der Waals surface area contributed by atoms with E-state index in [1.54, 1.807) is 19.6 Å². The minimum Gasteiger partial charge on any atom is -0.504 e. The molecule has 1 aromatic heterocycles. The summed E-state index contributed by atoms with van der Waals surface area (Å²) < 4.78 is 10.3. The molecular weight excluding hydrogens is 180 g/mol. The fraction of sp³-hybridized carbons (Fsp3) is 0.400. The maximum Gasteiger partial charge on any atom is 0.123 e. The quantitative estimate of drug-likeness (QED) is 0.547. The molecule has 0 unspecified atom stereocenters. The molecule has 0 spiro atoms. The lowest BCUT2D eigenvalue weighted by Crippen LogP contribution is -2.36. The van der Waals surface area contributed by atoms with Crippen LogP contribution in [0.15, 0.2) is 23.0 Å². The predicted octanol–water partition coefficient (Wildman–Crippen LogP) is 2.44. The van der Waals surface area contributed by atoms with Gasteiger partial charge in [-0.2, -0.15) is 0 Å². The van der Waals surface area contributed by atoms with Gasteiger partial charge in [0.25, 0.3) is 0 Å². The molecule has 2 nitrogen and oxygen atoms in total. The van der Waals surface area contributed by atoms with Crippen LogP contribution in [0.2, 0.25) is 19.6 Å². The third-order valence-electron chi connectivity index (χ3n) is 1.76. The number of methoxy groups -OCH3 is 1. The third kappa shape index (κ3) is 2.77. The second-order valence-corrected chi connectivity index (χ2v) is 9.03. The summed E-state index contributed by atoms with van der Waals surface area (Å²) in [6, 6.07) is 2.09. The highest BCUT2D eigenvalue weighted by Gasteiger charge is 2.20. The summed E-state index contributed by atoms with van der Waals surface area (Å²) >= 11 is 0. The van der Waals surface area contributed by atoms with E-state index in [-0.39, 0.29) is 0 Å². The van der Waals surface area contributed by atoms with Crippen molar-refractivity contribution in [3.05, 3.63) is 24.2 Å². The van der Waals surface area contributed by atoms with E-state index in [1.807, 2.05) is 6.08 Å². The number of furan rings is 1. The fourth-order valence-electron chi connectivity index (χ4n) is 0.978. The smallest absolute Gasteiger partial charge is 0.123 e. The Bertz CT molecular complexity index is 294. The van der Waals surface area contributed by atoms with Gasteiger partial charge < -0.3 is 9.15 Å². The maximum absolute atomic E-state index is 5.48. The standard InChI is InChI=1S/C10H16O2Si/c1-11-6-5-9-7-10(12-8-9)13(2,3)4/h5-8H,1-4H3/b6-5+. The largest absolute Gasteiger partial charge is 0.504 e. The Morgan fingerprint density at radius 1 is 1.38 bits per heavy atom. The molecule has 0 atom stereocenters. The molecule has 0 aromatic carbocycles. The van der Waals surface area contributed by atoms with Crippen molar-refractivity contribution in [1.29, 1.82) is 0 Å². The Labute approximate surface area is 80.2 Å². The van der Waals surface area contributed by atoms with Crippen molar-refractivity contribution in [2.75, 3.05) is 7.11 Å². The predicted molar refractivity (Wildman–Crippen MR) is 57.7 cm³/mol. The zero-order chi connectivity index (χ0) is 9.90. The topological polar surface area (TPSA) is 22.4 Å². The SMILES string of the molecule is CO/C=C/c1coc([Si](C)(C)C)c1. The monoisotopic (exact) mass is 196 g/mol. The molecule has 3 heteroatoms. The van der Waals surface area contributed by atoms with Gasteiger partial charge in [-0.15, -0.1) is 0 Å². The van der Waals surface area contributed by atoms with Crippen LogP contribution >= 0.6 is 0 Å². The average molecular weight is 196 g/mol. The third-order valence-corrected chi connectivity index (χ3v) is 3.50. The molecule has 1 heterocycles. The summed E-state index contributed by atoms with van der Waals surface area (Å²) in [6.07, 6.45) is 5.31. The van der Waals surface area contributed by atoms with Crippen molar-refractivity contribution in [3.63, 3.8) is 0 Å². The van der Waals surface area contributed by atoms with Crippen molar-refractivity contribution in [1.82, 2.24) is 0 Å². The van der Waals surface area contributed by atoms with Crippen LogP contribution in [-0.4, -0.2) is 15.2 Å². The first-order chi connectivity index (χ1) is 6.04. The molecule has 0 fully saturated rings. The molecule has 0 amide bonds. The average Bonchev–Trinajstić information content (AvgIpc) is 2.47. The molecule has 1 aromatic rings. The zero-order valence-electron chi connectivity index (χ0n) is 8.63. The molecular formula is C10H16O2Si. The number of hydrogen-bond donors (Lipinski definition) is 0. The first-order valence-corrected chi connectivity index (χ1v) is 7.82. The van der Waals surface area contributed by atoms with Crippen molar-refractivity contribution in [2.45, 2.75) is 19.6 Å². The van der Waals surface area contributed by atoms with E-state index < -0.39 is 8.07 Å². The molecule has 72 valence electrons. The zero-order valence-corrected chi connectivity index (χ0v) is 9.63. The van der Waals surface area contributed by atoms with Gasteiger partial charge in [-0.1, -0.05) is 19.6 Å². The second kappa shape index (κ2) is 3.83. The van der Waals surface area contributed by atoms with E-state index in [1.165, 1.54) is 0 Å². The van der Waals surface area contributed by atoms with Crippen LogP contribution in [0.3, 0.4) is 0 Å². The van der Waals surface area contributed by atoms with Crippen LogP contribution in [0.4, 0.5) is 0 Å². The molecule has 0 N–H and O–H groups in total. The van der Waals surface area contributed by atoms with Gasteiger partial charge in [0.05, 0.1) is 25.0 Å². The molecule has 13 heavy (non-hydrogen) atoms. The molecule has 0 saturated carbocycles. The summed E-state index contributed by atoms with van der Waals surface area (Å²) in [7, 11) is 0.342. The van der Waals surface area contributed by atoms with E-state index >= 15 is 0 Å². The Hall–Kier alpha value is -0.963. The highest BCUT2D eigenvalue weighted by Crippen LogP contribution is 2.07. The van der Waals surface area contributed by atoms with E-state index in [9.17, 15) is 0 Å². The van der Waals surface area contributed by atoms with Gasteiger partial charge >= 0.3 is 0 Å². The normalized spacial score (nSPS) is 12.3. The van der Waals surface area contributed by atoms with E-state index in [2.05, 4.69) is 25.7 Å². The van der Waals surface area contributed by atoms with Crippen LogP contribution in [0.25, 0.3) is 6.08 Å². The fourth-order valence-corrected chi connectivity index (χ4v) is 1.99. The summed E-state index contributed by atoms with van der Waals surface area (Å²) in [5.74, 6) is 0. The lowest BCUT2D eigenvalue weighted by molar-refractivity contribution is 0.341. The van der Waals surface area contributed by atoms with Crippen LogP contribution in [-0.2, 0) is 4.74 Å². The van der Waals surface area contributed by atoms with Gasteiger partial charge in [0.1, 0.15) is 8.07 Å². The van der Waals surface area contributed by atoms with Crippen molar-refractivity contribution in [3.8, 4) is 0 Å². The summed E-state index contributed by atoms with van der Waals surface area (Å²) in [5.41, 5.74) is 1.07. The van der Waals surface area contributed by atoms with Crippen LogP contribution in [0.1, 0.15) is 5.56 Å². The molecule has 0 bridgehead atoms. The van der Waals surface area contributed by atoms with Crippen LogP contribution in [0, 0.1) is 0 Å². The van der Waals surface area contributed by atoms with Gasteiger partial charge in [0.15, 0.2) is 0 Å². The Morgan fingerprint density at radius 3 is 2.54 bits per heavy atom. The van der Waals surface area contributed by atoms with Crippen molar-refractivity contribution < 1.29 is 9.15 Å². The van der Waals surface area contributed by atoms with E-state index in [4.69, 9.17) is 9.15 Å². The van der Waals surface area contributed by atoms with E-state index in [0.717, 1.165) is 10.9 Å². The minimum atomic E-state index is -1.29. The van der Waals surface area contributed by atoms with Gasteiger partial charge in [0.2, 0.25) is 0 Å². The van der Waals surface area contributed by atoms with E-state index in [0.29, 0.717) is 0 Å². The first kappa shape index (κ1) is 10.1. The van der Waals surface area contributed by atoms with Gasteiger partial charge in [0, 0.05) is 5.56 Å². The van der Waals surface area contributed by atoms with Crippen molar-refractivity contribution in [2.24, 2.45) is 0 Å². The van der Waals surface area contributed by atoms with Gasteiger partial charge in [-0.05, 0) is 12.1 Å². The Balaban J connectivity index is 2.81. The van der Waals surface area contributed by atoms with Crippen LogP contribution < -0.4 is 5.38 Å². The highest BCUT2D eigenvalue weighted by atomic mass is 28.3. The number of rotatable bonds is 3. The summed E-state index contributed by atoms with van der Waals surface area (Å²) in [6.45, 7) is 6.78. The van der Waals surface area contributed by atoms with Crippen molar-refractivity contribution >= 4 is 19.5 Å². The lowest BCUT2D eigenvalue weighted by Gasteiger charge is -2.10. The molecule has 0 radical (unpaired) electrons. The Morgan fingerprint density at radius 2 is 2.08 bits per heavy atom. The number of ether oxygens (including phenoxy) is 1. The highest BCUT2D eigenvalue weighted by molar-refractivity contribution is 6.87. The molecule has 0 aliphatic rings. The maximum atomic E-state index is 5.48. The summed E-state index contributed by atoms with van der Waals surface area (Å²) in [4.78, 5) is 0. The lowest BCUT2D eigenvalue weighted by atomic mass is 10.3. The number of hydrogen-bond acceptors (Lipinski definition) is 2. The molecule has 1 rings (SSSR count). The van der Waals surface area contributed by atoms with Gasteiger partial charge in [-0.25, -0.2) is 0 Å². The minimum absolute atomic E-state index is 1.07. The molecule has 0 aliphatic carbocycles. The molecule has 0 saturated heterocycles. The van der Waals surface area contributed by atoms with Crippen LogP contribution in [0.5, 0.6) is 0 Å². The molecule has 0 aliphatic heterocycles. The summed E-state index contributed by atoms with van der Waals surface area (Å²) in [5, 5.41) is 1.13. The Kier molecular flexibility index (Phi) is 2.98. The second-order valence-electron chi connectivity index (χ2n) is 4.03. The first-order valence-electron chi connectivity index (χ1n) is 4.32. The van der Waals surface area contributed by atoms with Gasteiger partial charge in [-0.3, -0.25) is 0 Å².